The van der Waals surface area contributed by atoms with Gasteiger partial charge >= 0.3 is 0 Å². The lowest BCUT2D eigenvalue weighted by atomic mass is 9.96. The third kappa shape index (κ3) is 3.53. The summed E-state index contributed by atoms with van der Waals surface area (Å²) in [4.78, 5) is 36.8. The highest BCUT2D eigenvalue weighted by Gasteiger charge is 2.68. The van der Waals surface area contributed by atoms with E-state index in [-0.39, 0.29) is 22.7 Å². The number of carbonyl (C=O) groups is 2. The van der Waals surface area contributed by atoms with Gasteiger partial charge in [-0.25, -0.2) is 9.97 Å². The lowest BCUT2D eigenvalue weighted by Crippen LogP contribution is -2.39. The highest BCUT2D eigenvalue weighted by Crippen LogP contribution is 2.68. The molecule has 8 heteroatoms. The van der Waals surface area contributed by atoms with E-state index in [9.17, 15) is 9.59 Å². The summed E-state index contributed by atoms with van der Waals surface area (Å²) in [5, 5.41) is 6.28. The number of carbonyl (C=O) groups excluding carboxylic acids is 2. The van der Waals surface area contributed by atoms with E-state index >= 15 is 0 Å². The van der Waals surface area contributed by atoms with Crippen LogP contribution in [0.4, 0.5) is 5.13 Å². The lowest BCUT2D eigenvalue weighted by Gasteiger charge is -2.31. The monoisotopic (exact) mass is 468 g/mol. The summed E-state index contributed by atoms with van der Waals surface area (Å²) >= 11 is 3.00. The van der Waals surface area contributed by atoms with Crippen LogP contribution in [-0.4, -0.2) is 39.8 Å². The highest BCUT2D eigenvalue weighted by atomic mass is 32.1. The maximum Gasteiger partial charge on any atom is 0.276 e. The minimum atomic E-state index is -0.225. The second-order valence-electron chi connectivity index (χ2n) is 9.99. The van der Waals surface area contributed by atoms with Crippen molar-refractivity contribution >= 4 is 49.8 Å². The second-order valence-corrected chi connectivity index (χ2v) is 11.9. The number of thiazole rings is 2. The Hall–Kier alpha value is -2.32. The molecule has 2 aromatic heterocycles. The molecule has 0 unspecified atom stereocenters. The number of likely N-dealkylation sites (tertiary alicyclic amines) is 1. The van der Waals surface area contributed by atoms with Gasteiger partial charge in [-0.2, -0.15) is 0 Å². The Kier molecular flexibility index (Phi) is 5.13. The largest absolute Gasteiger partial charge is 0.342 e. The van der Waals surface area contributed by atoms with Crippen LogP contribution in [0, 0.1) is 16.7 Å². The van der Waals surface area contributed by atoms with Crippen molar-refractivity contribution in [3.05, 3.63) is 40.3 Å². The Morgan fingerprint density at radius 3 is 2.41 bits per heavy atom. The fraction of sp³-hybridized carbons (Fsp3) is 0.500. The van der Waals surface area contributed by atoms with Gasteiger partial charge in [0.2, 0.25) is 5.91 Å². The molecule has 0 bridgehead atoms. The molecule has 32 heavy (non-hydrogen) atoms. The molecule has 2 amide bonds. The van der Waals surface area contributed by atoms with E-state index in [0.29, 0.717) is 22.7 Å². The number of benzene rings is 1. The first kappa shape index (κ1) is 21.5. The van der Waals surface area contributed by atoms with Crippen molar-refractivity contribution in [3.8, 4) is 0 Å². The number of para-hydroxylation sites is 1. The van der Waals surface area contributed by atoms with Crippen molar-refractivity contribution in [2.75, 3.05) is 18.4 Å². The number of hydrogen-bond acceptors (Lipinski definition) is 6. The molecule has 3 heterocycles. The van der Waals surface area contributed by atoms with Gasteiger partial charge in [-0.15, -0.1) is 11.3 Å². The summed E-state index contributed by atoms with van der Waals surface area (Å²) in [7, 11) is 0. The van der Waals surface area contributed by atoms with Gasteiger partial charge in [0.05, 0.1) is 15.2 Å². The molecule has 0 radical (unpaired) electrons. The first-order chi connectivity index (χ1) is 15.2. The van der Waals surface area contributed by atoms with Crippen LogP contribution in [0.2, 0.25) is 0 Å². The molecule has 1 saturated carbocycles. The average Bonchev–Trinajstić information content (AvgIpc) is 3.23. The Balaban J connectivity index is 1.19. The SMILES string of the molecule is CC1(C)C(C(=O)N2CCC(c3nc(C(=O)Nc4nc5ccccc5s4)cs3)CC2)C1(C)C. The average molecular weight is 469 g/mol. The molecule has 6 nitrogen and oxygen atoms in total. The lowest BCUT2D eigenvalue weighted by molar-refractivity contribution is -0.134. The van der Waals surface area contributed by atoms with E-state index in [4.69, 9.17) is 0 Å². The van der Waals surface area contributed by atoms with E-state index < -0.39 is 0 Å². The normalized spacial score (nSPS) is 20.4. The molecule has 0 spiro atoms. The van der Waals surface area contributed by atoms with E-state index in [1.165, 1.54) is 22.7 Å². The van der Waals surface area contributed by atoms with Gasteiger partial charge in [0.25, 0.3) is 5.91 Å². The summed E-state index contributed by atoms with van der Waals surface area (Å²) in [5.41, 5.74) is 1.46. The topological polar surface area (TPSA) is 75.2 Å². The van der Waals surface area contributed by atoms with Crippen LogP contribution in [0.25, 0.3) is 10.2 Å². The Morgan fingerprint density at radius 1 is 1.06 bits per heavy atom. The molecular formula is C24H28N4O2S2. The van der Waals surface area contributed by atoms with Crippen molar-refractivity contribution in [1.82, 2.24) is 14.9 Å². The standard InChI is InChI=1S/C24H28N4O2S2/c1-23(2)18(24(23,3)4)21(30)28-11-9-14(10-12-28)20-25-16(13-31-20)19(29)27-22-26-15-7-5-6-8-17(15)32-22/h5-8,13-14,18H,9-12H2,1-4H3,(H,26,27,29). The molecule has 1 aromatic carbocycles. The molecule has 168 valence electrons. The summed E-state index contributed by atoms with van der Waals surface area (Å²) in [6.45, 7) is 10.3. The predicted molar refractivity (Wildman–Crippen MR) is 129 cm³/mol. The number of anilines is 1. The molecule has 2 aliphatic rings. The number of hydrogen-bond donors (Lipinski definition) is 1. The van der Waals surface area contributed by atoms with E-state index in [1.54, 1.807) is 0 Å². The number of nitrogens with zero attached hydrogens (tertiary/aromatic N) is 3. The van der Waals surface area contributed by atoms with Gasteiger partial charge < -0.3 is 4.90 Å². The molecule has 3 aromatic rings. The summed E-state index contributed by atoms with van der Waals surface area (Å²) in [6.07, 6.45) is 1.79. The van der Waals surface area contributed by atoms with Crippen LogP contribution in [0.15, 0.2) is 29.6 Å². The number of nitrogens with one attached hydrogen (secondary N) is 1. The fourth-order valence-corrected chi connectivity index (χ4v) is 6.84. The predicted octanol–water partition coefficient (Wildman–Crippen LogP) is 5.39. The molecule has 0 atom stereocenters. The fourth-order valence-electron chi connectivity index (χ4n) is 5.01. The van der Waals surface area contributed by atoms with Crippen molar-refractivity contribution < 1.29 is 9.59 Å². The summed E-state index contributed by atoms with van der Waals surface area (Å²) in [5.74, 6) is 0.489. The van der Waals surface area contributed by atoms with Gasteiger partial charge in [-0.3, -0.25) is 14.9 Å². The van der Waals surface area contributed by atoms with Crippen molar-refractivity contribution in [1.29, 1.82) is 0 Å². The Bertz CT molecular complexity index is 1140. The van der Waals surface area contributed by atoms with Crippen LogP contribution in [0.1, 0.15) is 62.0 Å². The number of amides is 2. The molecule has 1 aliphatic carbocycles. The Morgan fingerprint density at radius 2 is 1.75 bits per heavy atom. The van der Waals surface area contributed by atoms with Gasteiger partial charge in [0.1, 0.15) is 5.69 Å². The minimum absolute atomic E-state index is 0.0712. The van der Waals surface area contributed by atoms with E-state index in [0.717, 1.165) is 41.2 Å². The minimum Gasteiger partial charge on any atom is -0.342 e. The van der Waals surface area contributed by atoms with Crippen LogP contribution < -0.4 is 5.32 Å². The van der Waals surface area contributed by atoms with Gasteiger partial charge in [0.15, 0.2) is 5.13 Å². The van der Waals surface area contributed by atoms with Crippen LogP contribution in [-0.2, 0) is 4.79 Å². The van der Waals surface area contributed by atoms with Crippen LogP contribution in [0.5, 0.6) is 0 Å². The van der Waals surface area contributed by atoms with Crippen LogP contribution >= 0.6 is 22.7 Å². The highest BCUT2D eigenvalue weighted by molar-refractivity contribution is 7.22. The number of rotatable bonds is 4. The van der Waals surface area contributed by atoms with E-state index in [2.05, 4.69) is 43.0 Å². The van der Waals surface area contributed by atoms with Gasteiger partial charge in [0, 0.05) is 30.3 Å². The third-order valence-corrected chi connectivity index (χ3v) is 9.65. The van der Waals surface area contributed by atoms with E-state index in [1.807, 2.05) is 34.5 Å². The zero-order valence-electron chi connectivity index (χ0n) is 18.8. The number of piperidine rings is 1. The first-order valence-electron chi connectivity index (χ1n) is 11.1. The van der Waals surface area contributed by atoms with Crippen LogP contribution in [0.3, 0.4) is 0 Å². The molecule has 5 rings (SSSR count). The maximum absolute atomic E-state index is 13.0. The molecule has 1 saturated heterocycles. The molecule has 2 fully saturated rings. The maximum atomic E-state index is 13.0. The second kappa shape index (κ2) is 7.63. The number of aromatic nitrogens is 2. The third-order valence-electron chi connectivity index (χ3n) is 7.69. The first-order valence-corrected chi connectivity index (χ1v) is 12.8. The zero-order chi connectivity index (χ0) is 22.7. The smallest absolute Gasteiger partial charge is 0.276 e. The zero-order valence-corrected chi connectivity index (χ0v) is 20.5. The Labute approximate surface area is 196 Å². The van der Waals surface area contributed by atoms with Gasteiger partial charge in [-0.05, 0) is 35.8 Å². The van der Waals surface area contributed by atoms with Gasteiger partial charge in [-0.1, -0.05) is 51.2 Å². The van der Waals surface area contributed by atoms with Crippen molar-refractivity contribution in [2.24, 2.45) is 16.7 Å². The molecule has 1 N–H and O–H groups in total. The van der Waals surface area contributed by atoms with Crippen molar-refractivity contribution in [3.63, 3.8) is 0 Å². The molecular weight excluding hydrogens is 440 g/mol. The molecule has 1 aliphatic heterocycles. The van der Waals surface area contributed by atoms with Crippen molar-refractivity contribution in [2.45, 2.75) is 46.5 Å². The number of fused-ring (bicyclic) bond motifs is 1. The summed E-state index contributed by atoms with van der Waals surface area (Å²) in [6, 6.07) is 7.83. The quantitative estimate of drug-likeness (QED) is 0.557. The summed E-state index contributed by atoms with van der Waals surface area (Å²) < 4.78 is 1.04.